The van der Waals surface area contributed by atoms with Crippen LogP contribution in [-0.2, 0) is 4.74 Å². The summed E-state index contributed by atoms with van der Waals surface area (Å²) in [4.78, 5) is 0. The third-order valence-electron chi connectivity index (χ3n) is 3.88. The Hall–Kier alpha value is -0.550. The van der Waals surface area contributed by atoms with Gasteiger partial charge in [-0.2, -0.15) is 5.26 Å². The molecule has 0 amide bonds. The smallest absolute Gasteiger partial charge is 0.0690 e. The average Bonchev–Trinajstić information content (AvgIpc) is 2.22. The Morgan fingerprint density at radius 2 is 1.80 bits per heavy atom. The van der Waals surface area contributed by atoms with E-state index >= 15 is 0 Å². The van der Waals surface area contributed by atoms with Crippen LogP contribution in [0, 0.1) is 22.2 Å². The van der Waals surface area contributed by atoms with Crippen molar-refractivity contribution in [2.45, 2.75) is 59.0 Å². The zero-order chi connectivity index (χ0) is 11.5. The molecule has 86 valence electrons. The molecule has 1 unspecified atom stereocenters. The summed E-state index contributed by atoms with van der Waals surface area (Å²) in [6.45, 7) is 6.65. The van der Waals surface area contributed by atoms with Gasteiger partial charge in [0.15, 0.2) is 0 Å². The van der Waals surface area contributed by atoms with Crippen LogP contribution in [0.1, 0.15) is 52.9 Å². The van der Waals surface area contributed by atoms with Crippen molar-refractivity contribution < 1.29 is 4.74 Å². The first-order chi connectivity index (χ1) is 6.93. The molecular weight excluding hydrogens is 186 g/mol. The molecule has 0 radical (unpaired) electrons. The molecule has 1 atom stereocenters. The Labute approximate surface area is 93.6 Å². The highest BCUT2D eigenvalue weighted by Gasteiger charge is 2.39. The fourth-order valence-electron chi connectivity index (χ4n) is 2.40. The van der Waals surface area contributed by atoms with Crippen LogP contribution in [0.25, 0.3) is 0 Å². The minimum absolute atomic E-state index is 0.120. The number of ether oxygens (including phenoxy) is 1. The topological polar surface area (TPSA) is 33.0 Å². The summed E-state index contributed by atoms with van der Waals surface area (Å²) in [5, 5.41) is 9.35. The van der Waals surface area contributed by atoms with Crippen LogP contribution in [-0.4, -0.2) is 13.2 Å². The summed E-state index contributed by atoms with van der Waals surface area (Å²) in [5.41, 5.74) is 0.307. The van der Waals surface area contributed by atoms with E-state index in [0.29, 0.717) is 5.41 Å². The Kier molecular flexibility index (Phi) is 3.78. The average molecular weight is 209 g/mol. The normalized spacial score (nSPS) is 25.5. The first-order valence-corrected chi connectivity index (χ1v) is 5.87. The van der Waals surface area contributed by atoms with Crippen LogP contribution < -0.4 is 0 Å². The van der Waals surface area contributed by atoms with E-state index in [2.05, 4.69) is 26.8 Å². The minimum atomic E-state index is -0.120. The van der Waals surface area contributed by atoms with Gasteiger partial charge >= 0.3 is 0 Å². The van der Waals surface area contributed by atoms with Gasteiger partial charge in [0.1, 0.15) is 0 Å². The second-order valence-electron chi connectivity index (χ2n) is 5.81. The third kappa shape index (κ3) is 3.21. The van der Waals surface area contributed by atoms with E-state index in [1.54, 1.807) is 7.11 Å². The number of hydrogen-bond acceptors (Lipinski definition) is 2. The monoisotopic (exact) mass is 209 g/mol. The lowest BCUT2D eigenvalue weighted by Crippen LogP contribution is -2.33. The van der Waals surface area contributed by atoms with Crippen molar-refractivity contribution in [3.8, 4) is 6.07 Å². The molecule has 1 rings (SSSR count). The number of nitriles is 1. The second kappa shape index (κ2) is 4.53. The lowest BCUT2D eigenvalue weighted by Gasteiger charge is -2.40. The van der Waals surface area contributed by atoms with Gasteiger partial charge in [0, 0.05) is 7.11 Å². The molecule has 0 aromatic carbocycles. The molecule has 2 nitrogen and oxygen atoms in total. The van der Waals surface area contributed by atoms with Gasteiger partial charge in [-0.3, -0.25) is 0 Å². The highest BCUT2D eigenvalue weighted by Crippen LogP contribution is 2.47. The summed E-state index contributed by atoms with van der Waals surface area (Å²) in [7, 11) is 1.72. The van der Waals surface area contributed by atoms with E-state index in [1.807, 2.05) is 0 Å². The van der Waals surface area contributed by atoms with Crippen molar-refractivity contribution in [3.05, 3.63) is 0 Å². The van der Waals surface area contributed by atoms with Gasteiger partial charge in [-0.15, -0.1) is 0 Å². The maximum atomic E-state index is 9.35. The molecule has 0 aliphatic heterocycles. The van der Waals surface area contributed by atoms with E-state index in [4.69, 9.17) is 4.74 Å². The van der Waals surface area contributed by atoms with E-state index in [1.165, 1.54) is 0 Å². The molecule has 1 aliphatic rings. The van der Waals surface area contributed by atoms with Crippen molar-refractivity contribution in [1.82, 2.24) is 0 Å². The van der Waals surface area contributed by atoms with Crippen LogP contribution in [0.3, 0.4) is 0 Å². The maximum Gasteiger partial charge on any atom is 0.0690 e. The largest absolute Gasteiger partial charge is 0.382 e. The predicted octanol–water partition coefficient (Wildman–Crippen LogP) is 3.52. The van der Waals surface area contributed by atoms with Gasteiger partial charge in [-0.1, -0.05) is 13.8 Å². The molecule has 1 aliphatic carbocycles. The van der Waals surface area contributed by atoms with Crippen molar-refractivity contribution in [2.24, 2.45) is 10.8 Å². The van der Waals surface area contributed by atoms with Gasteiger partial charge in [0.2, 0.25) is 0 Å². The maximum absolute atomic E-state index is 9.35. The Morgan fingerprint density at radius 3 is 2.20 bits per heavy atom. The molecule has 0 spiro atoms. The Morgan fingerprint density at radius 1 is 1.27 bits per heavy atom. The van der Waals surface area contributed by atoms with E-state index in [-0.39, 0.29) is 11.5 Å². The highest BCUT2D eigenvalue weighted by atomic mass is 16.5. The molecule has 15 heavy (non-hydrogen) atoms. The van der Waals surface area contributed by atoms with Crippen molar-refractivity contribution in [2.75, 3.05) is 7.11 Å². The molecule has 0 saturated heterocycles. The molecule has 0 heterocycles. The zero-order valence-electron chi connectivity index (χ0n) is 10.5. The molecular formula is C13H23NO. The zero-order valence-corrected chi connectivity index (χ0v) is 10.5. The molecule has 1 fully saturated rings. The summed E-state index contributed by atoms with van der Waals surface area (Å²) in [6, 6.07) is 2.54. The van der Waals surface area contributed by atoms with Gasteiger partial charge in [-0.25, -0.2) is 0 Å². The van der Waals surface area contributed by atoms with Gasteiger partial charge in [0.05, 0.1) is 17.6 Å². The summed E-state index contributed by atoms with van der Waals surface area (Å²) in [5.74, 6) is 0. The molecule has 0 aromatic heterocycles. The molecule has 0 bridgehead atoms. The van der Waals surface area contributed by atoms with Crippen molar-refractivity contribution >= 4 is 0 Å². The van der Waals surface area contributed by atoms with Crippen molar-refractivity contribution in [1.29, 1.82) is 5.26 Å². The van der Waals surface area contributed by atoms with Gasteiger partial charge in [-0.05, 0) is 44.4 Å². The Bertz CT molecular complexity index is 242. The lowest BCUT2D eigenvalue weighted by atomic mass is 9.64. The fourth-order valence-corrected chi connectivity index (χ4v) is 2.40. The van der Waals surface area contributed by atoms with Gasteiger partial charge < -0.3 is 4.74 Å². The second-order valence-corrected chi connectivity index (χ2v) is 5.81. The van der Waals surface area contributed by atoms with E-state index in [9.17, 15) is 5.26 Å². The van der Waals surface area contributed by atoms with Crippen LogP contribution in [0.5, 0.6) is 0 Å². The molecule has 1 saturated carbocycles. The summed E-state index contributed by atoms with van der Waals surface area (Å²) in [6.07, 6.45) is 5.48. The van der Waals surface area contributed by atoms with Crippen LogP contribution in [0.4, 0.5) is 0 Å². The quantitative estimate of drug-likeness (QED) is 0.712. The number of hydrogen-bond donors (Lipinski definition) is 0. The minimum Gasteiger partial charge on any atom is -0.382 e. The first kappa shape index (κ1) is 12.5. The fraction of sp³-hybridized carbons (Fsp3) is 0.923. The number of rotatable bonds is 3. The van der Waals surface area contributed by atoms with E-state index < -0.39 is 0 Å². The van der Waals surface area contributed by atoms with Gasteiger partial charge in [0.25, 0.3) is 0 Å². The first-order valence-electron chi connectivity index (χ1n) is 5.87. The highest BCUT2D eigenvalue weighted by molar-refractivity contribution is 5.03. The van der Waals surface area contributed by atoms with Crippen molar-refractivity contribution in [3.63, 3.8) is 0 Å². The molecule has 0 aromatic rings. The summed E-state index contributed by atoms with van der Waals surface area (Å²) < 4.78 is 5.28. The standard InChI is InChI=1S/C13H23NO/c1-11(15-4)9-13(10-14)7-5-12(2,3)6-8-13/h11H,5-9H2,1-4H3. The number of methoxy groups -OCH3 is 1. The van der Waals surface area contributed by atoms with Crippen LogP contribution in [0.15, 0.2) is 0 Å². The predicted molar refractivity (Wildman–Crippen MR) is 61.4 cm³/mol. The van der Waals surface area contributed by atoms with Crippen LogP contribution in [0.2, 0.25) is 0 Å². The number of nitrogens with zero attached hydrogens (tertiary/aromatic N) is 1. The Balaban J connectivity index is 2.61. The van der Waals surface area contributed by atoms with E-state index in [0.717, 1.165) is 32.1 Å². The SMILES string of the molecule is COC(C)CC1(C#N)CCC(C)(C)CC1. The molecule has 0 N–H and O–H groups in total. The van der Waals surface area contributed by atoms with Crippen LogP contribution >= 0.6 is 0 Å². The lowest BCUT2D eigenvalue weighted by molar-refractivity contribution is 0.0504. The summed E-state index contributed by atoms with van der Waals surface area (Å²) >= 11 is 0. The molecule has 2 heteroatoms. The third-order valence-corrected chi connectivity index (χ3v) is 3.88.